The lowest BCUT2D eigenvalue weighted by Gasteiger charge is -2.43. The molecular weight excluding hydrogens is 443 g/mol. The maximum atomic E-state index is 12.5. The van der Waals surface area contributed by atoms with Gasteiger partial charge in [-0.3, -0.25) is 0 Å². The van der Waals surface area contributed by atoms with Gasteiger partial charge >= 0.3 is 12.1 Å². The van der Waals surface area contributed by atoms with Crippen LogP contribution in [0.15, 0.2) is 18.5 Å². The monoisotopic (exact) mass is 469 g/mol. The summed E-state index contributed by atoms with van der Waals surface area (Å²) in [4.78, 5) is 17.2. The number of alkyl halides is 3. The second kappa shape index (κ2) is 10.1. The highest BCUT2D eigenvalue weighted by atomic mass is 32.2. The van der Waals surface area contributed by atoms with E-state index in [1.807, 2.05) is 0 Å². The number of carbonyl (C=O) groups is 1. The summed E-state index contributed by atoms with van der Waals surface area (Å²) < 4.78 is 65.5. The van der Waals surface area contributed by atoms with Crippen LogP contribution in [0, 0.1) is 5.41 Å². The van der Waals surface area contributed by atoms with E-state index >= 15 is 0 Å². The summed E-state index contributed by atoms with van der Waals surface area (Å²) in [5.74, 6) is -2.16. The summed E-state index contributed by atoms with van der Waals surface area (Å²) in [6.07, 6.45) is 0.894. The van der Waals surface area contributed by atoms with Gasteiger partial charge in [-0.2, -0.15) is 30.2 Å². The maximum absolute atomic E-state index is 12.5. The van der Waals surface area contributed by atoms with Crippen molar-refractivity contribution in [3.05, 3.63) is 18.5 Å². The Labute approximate surface area is 178 Å². The van der Waals surface area contributed by atoms with E-state index in [0.29, 0.717) is 32.2 Å². The Kier molecular flexibility index (Phi) is 8.19. The molecule has 1 aromatic rings. The van der Waals surface area contributed by atoms with Crippen molar-refractivity contribution in [3.63, 3.8) is 0 Å². The summed E-state index contributed by atoms with van der Waals surface area (Å²) in [6.45, 7) is 2.42. The molecule has 0 aromatic carbocycles. The van der Waals surface area contributed by atoms with E-state index in [9.17, 15) is 21.6 Å². The highest BCUT2D eigenvalue weighted by molar-refractivity contribution is 7.86. The van der Waals surface area contributed by atoms with Crippen LogP contribution in [0.3, 0.4) is 0 Å². The zero-order valence-corrected chi connectivity index (χ0v) is 18.0. The Hall–Kier alpha value is -2.03. The van der Waals surface area contributed by atoms with E-state index in [0.717, 1.165) is 19.3 Å². The second-order valence-electron chi connectivity index (χ2n) is 7.44. The molecule has 2 atom stereocenters. The van der Waals surface area contributed by atoms with E-state index in [1.165, 1.54) is 4.31 Å². The first kappa shape index (κ1) is 25.2. The first-order chi connectivity index (χ1) is 14.4. The molecule has 0 unspecified atom stereocenters. The summed E-state index contributed by atoms with van der Waals surface area (Å²) >= 11 is 0. The Morgan fingerprint density at radius 2 is 2.00 bits per heavy atom. The van der Waals surface area contributed by atoms with Crippen LogP contribution < -0.4 is 5.32 Å². The lowest BCUT2D eigenvalue weighted by Crippen LogP contribution is -2.54. The van der Waals surface area contributed by atoms with Gasteiger partial charge < -0.3 is 15.2 Å². The number of nitrogens with one attached hydrogen (secondary N) is 1. The normalized spacial score (nSPS) is 24.3. The maximum Gasteiger partial charge on any atom is 0.490 e. The highest BCUT2D eigenvalue weighted by Gasteiger charge is 2.49. The van der Waals surface area contributed by atoms with Crippen molar-refractivity contribution in [3.8, 4) is 0 Å². The molecule has 0 amide bonds. The van der Waals surface area contributed by atoms with Crippen LogP contribution in [0.2, 0.25) is 0 Å². The summed E-state index contributed by atoms with van der Waals surface area (Å²) in [7, 11) is -0.234. The molecule has 2 aliphatic rings. The van der Waals surface area contributed by atoms with Gasteiger partial charge in [0, 0.05) is 58.1 Å². The first-order valence-electron chi connectivity index (χ1n) is 9.49. The van der Waals surface area contributed by atoms with Crippen molar-refractivity contribution in [2.24, 2.45) is 5.41 Å². The van der Waals surface area contributed by atoms with Gasteiger partial charge in [0.2, 0.25) is 5.95 Å². The third-order valence-corrected chi connectivity index (χ3v) is 7.12. The lowest BCUT2D eigenvalue weighted by atomic mass is 9.74. The number of halogens is 3. The van der Waals surface area contributed by atoms with Crippen LogP contribution in [0.1, 0.15) is 19.3 Å². The van der Waals surface area contributed by atoms with Crippen LogP contribution in [-0.4, -0.2) is 90.7 Å². The van der Waals surface area contributed by atoms with Gasteiger partial charge in [-0.15, -0.1) is 0 Å². The van der Waals surface area contributed by atoms with Gasteiger partial charge in [0.25, 0.3) is 10.2 Å². The van der Waals surface area contributed by atoms with Crippen molar-refractivity contribution >= 4 is 22.1 Å². The van der Waals surface area contributed by atoms with E-state index in [-0.39, 0.29) is 11.5 Å². The molecule has 31 heavy (non-hydrogen) atoms. The van der Waals surface area contributed by atoms with Gasteiger partial charge in [0.1, 0.15) is 0 Å². The fraction of sp³-hybridized carbons (Fsp3) is 0.706. The molecule has 0 spiro atoms. The fourth-order valence-corrected chi connectivity index (χ4v) is 4.83. The minimum atomic E-state index is -5.08. The predicted octanol–water partition coefficient (Wildman–Crippen LogP) is 1.20. The molecule has 0 saturated carbocycles. The van der Waals surface area contributed by atoms with Crippen LogP contribution in [0.25, 0.3) is 0 Å². The van der Waals surface area contributed by atoms with Crippen molar-refractivity contribution in [1.29, 1.82) is 0 Å². The van der Waals surface area contributed by atoms with Crippen LogP contribution in [-0.2, 0) is 19.7 Å². The van der Waals surface area contributed by atoms with Crippen LogP contribution >= 0.6 is 0 Å². The molecule has 1 aromatic heterocycles. The molecule has 2 N–H and O–H groups in total. The van der Waals surface area contributed by atoms with E-state index in [4.69, 9.17) is 14.6 Å². The highest BCUT2D eigenvalue weighted by Crippen LogP contribution is 2.44. The minimum absolute atomic E-state index is 0.129. The van der Waals surface area contributed by atoms with E-state index < -0.39 is 22.4 Å². The average Bonchev–Trinajstić information content (AvgIpc) is 3.11. The number of rotatable bonds is 6. The Balaban J connectivity index is 0.000000423. The Bertz CT molecular complexity index is 840. The number of fused-ring (bicyclic) bond motifs is 1. The quantitative estimate of drug-likeness (QED) is 0.637. The molecule has 14 heteroatoms. The molecule has 2 fully saturated rings. The van der Waals surface area contributed by atoms with Gasteiger partial charge in [-0.05, 0) is 25.3 Å². The van der Waals surface area contributed by atoms with Crippen molar-refractivity contribution in [2.45, 2.75) is 31.5 Å². The zero-order chi connectivity index (χ0) is 23.3. The standard InChI is InChI=1S/C15H25N5O3S.C2HF3O2/c1-19(2)24(21,22)20-10-4-13-15(12-20,6-11-23-13)5-9-18-14-16-7-3-8-17-14;3-2(4,5)1(6)7/h3,7-8,13H,4-6,9-12H2,1-2H3,(H,16,17,18);(H,6,7)/t13-,15+;/m1./s1. The van der Waals surface area contributed by atoms with Crippen molar-refractivity contribution < 1.29 is 36.2 Å². The zero-order valence-electron chi connectivity index (χ0n) is 17.2. The number of ether oxygens (including phenoxy) is 1. The topological polar surface area (TPSA) is 125 Å². The summed E-state index contributed by atoms with van der Waals surface area (Å²) in [5, 5.41) is 10.3. The lowest BCUT2D eigenvalue weighted by molar-refractivity contribution is -0.192. The van der Waals surface area contributed by atoms with Gasteiger partial charge in [-0.1, -0.05) is 0 Å². The number of piperidine rings is 1. The van der Waals surface area contributed by atoms with Gasteiger partial charge in [0.05, 0.1) is 6.10 Å². The first-order valence-corrected chi connectivity index (χ1v) is 10.9. The number of hydrogen-bond acceptors (Lipinski definition) is 7. The predicted molar refractivity (Wildman–Crippen MR) is 104 cm³/mol. The Morgan fingerprint density at radius 3 is 2.55 bits per heavy atom. The number of aliphatic carboxylic acids is 1. The number of carboxylic acids is 1. The molecular formula is C17H26F3N5O5S. The second-order valence-corrected chi connectivity index (χ2v) is 9.58. The molecule has 3 heterocycles. The number of anilines is 1. The number of carboxylic acid groups (broad SMARTS) is 1. The summed E-state index contributed by atoms with van der Waals surface area (Å²) in [6, 6.07) is 1.77. The molecule has 10 nitrogen and oxygen atoms in total. The molecule has 0 aliphatic carbocycles. The minimum Gasteiger partial charge on any atom is -0.475 e. The van der Waals surface area contributed by atoms with Crippen LogP contribution in [0.5, 0.6) is 0 Å². The fourth-order valence-electron chi connectivity index (χ4n) is 3.61. The SMILES string of the molecule is CN(C)S(=O)(=O)N1CC[C@H]2OCC[C@@]2(CCNc2ncccn2)C1.O=C(O)C(F)(F)F. The molecule has 2 saturated heterocycles. The smallest absolute Gasteiger partial charge is 0.475 e. The van der Waals surface area contributed by atoms with Crippen molar-refractivity contribution in [2.75, 3.05) is 45.7 Å². The summed E-state index contributed by atoms with van der Waals surface area (Å²) in [5.41, 5.74) is -0.136. The van der Waals surface area contributed by atoms with E-state index in [1.54, 1.807) is 36.9 Å². The third-order valence-electron chi connectivity index (χ3n) is 5.24. The third kappa shape index (κ3) is 6.48. The average molecular weight is 469 g/mol. The number of nitrogens with zero attached hydrogens (tertiary/aromatic N) is 4. The van der Waals surface area contributed by atoms with Crippen LogP contribution in [0.4, 0.5) is 19.1 Å². The molecule has 176 valence electrons. The Morgan fingerprint density at radius 1 is 1.39 bits per heavy atom. The van der Waals surface area contributed by atoms with E-state index in [2.05, 4.69) is 15.3 Å². The van der Waals surface area contributed by atoms with Gasteiger partial charge in [-0.25, -0.2) is 14.8 Å². The molecule has 0 radical (unpaired) electrons. The largest absolute Gasteiger partial charge is 0.490 e. The molecule has 2 aliphatic heterocycles. The van der Waals surface area contributed by atoms with Crippen molar-refractivity contribution in [1.82, 2.24) is 18.6 Å². The molecule has 0 bridgehead atoms. The number of aromatic nitrogens is 2. The molecule has 3 rings (SSSR count). The van der Waals surface area contributed by atoms with Gasteiger partial charge in [0.15, 0.2) is 0 Å². The number of hydrogen-bond donors (Lipinski definition) is 2.